The second kappa shape index (κ2) is 4.21. The molecular formula is C11H18N2O2. The molecule has 2 fully saturated rings. The molecule has 2 heterocycles. The van der Waals surface area contributed by atoms with E-state index in [1.807, 2.05) is 4.90 Å². The van der Waals surface area contributed by atoms with E-state index in [9.17, 15) is 9.59 Å². The van der Waals surface area contributed by atoms with E-state index >= 15 is 0 Å². The van der Waals surface area contributed by atoms with Crippen molar-refractivity contribution in [2.75, 3.05) is 19.6 Å². The Kier molecular flexibility index (Phi) is 2.93. The van der Waals surface area contributed by atoms with Gasteiger partial charge in [0.1, 0.15) is 0 Å². The normalized spacial score (nSPS) is 27.3. The van der Waals surface area contributed by atoms with Gasteiger partial charge in [-0.25, -0.2) is 0 Å². The molecule has 15 heavy (non-hydrogen) atoms. The predicted octanol–water partition coefficient (Wildman–Crippen LogP) is 0.620. The number of rotatable bonds is 0. The molecule has 1 atom stereocenters. The van der Waals surface area contributed by atoms with Crippen molar-refractivity contribution in [2.24, 2.45) is 0 Å². The largest absolute Gasteiger partial charge is 0.342 e. The SMILES string of the molecule is CC(=O)N1CCC(=O)N2CCCC2CC1. The maximum Gasteiger partial charge on any atom is 0.224 e. The van der Waals surface area contributed by atoms with Crippen LogP contribution in [0.4, 0.5) is 0 Å². The molecular weight excluding hydrogens is 192 g/mol. The van der Waals surface area contributed by atoms with Crippen molar-refractivity contribution < 1.29 is 9.59 Å². The molecule has 2 rings (SSSR count). The van der Waals surface area contributed by atoms with E-state index in [1.54, 1.807) is 11.8 Å². The number of carbonyl (C=O) groups excluding carboxylic acids is 2. The van der Waals surface area contributed by atoms with Crippen LogP contribution in [0.2, 0.25) is 0 Å². The van der Waals surface area contributed by atoms with Gasteiger partial charge in [0.25, 0.3) is 0 Å². The number of fused-ring (bicyclic) bond motifs is 1. The zero-order valence-electron chi connectivity index (χ0n) is 9.24. The summed E-state index contributed by atoms with van der Waals surface area (Å²) in [5.41, 5.74) is 0. The van der Waals surface area contributed by atoms with Crippen molar-refractivity contribution in [1.29, 1.82) is 0 Å². The van der Waals surface area contributed by atoms with Gasteiger partial charge in [0.05, 0.1) is 0 Å². The standard InChI is InChI=1S/C11H18N2O2/c1-9(14)12-7-4-10-3-2-6-13(10)11(15)5-8-12/h10H,2-8H2,1H3. The average molecular weight is 210 g/mol. The van der Waals surface area contributed by atoms with E-state index in [0.29, 0.717) is 19.0 Å². The van der Waals surface area contributed by atoms with Gasteiger partial charge in [0.2, 0.25) is 11.8 Å². The first-order valence-corrected chi connectivity index (χ1v) is 5.73. The van der Waals surface area contributed by atoms with Crippen molar-refractivity contribution in [1.82, 2.24) is 9.80 Å². The van der Waals surface area contributed by atoms with Gasteiger partial charge in [-0.05, 0) is 19.3 Å². The van der Waals surface area contributed by atoms with Gasteiger partial charge >= 0.3 is 0 Å². The molecule has 2 aliphatic heterocycles. The quantitative estimate of drug-likeness (QED) is 0.588. The first-order chi connectivity index (χ1) is 7.18. The maximum atomic E-state index is 11.8. The summed E-state index contributed by atoms with van der Waals surface area (Å²) in [4.78, 5) is 26.9. The summed E-state index contributed by atoms with van der Waals surface area (Å²) in [7, 11) is 0. The second-order valence-electron chi connectivity index (χ2n) is 4.43. The highest BCUT2D eigenvalue weighted by Gasteiger charge is 2.31. The smallest absolute Gasteiger partial charge is 0.224 e. The molecule has 0 N–H and O–H groups in total. The monoisotopic (exact) mass is 210 g/mol. The number of hydrogen-bond acceptors (Lipinski definition) is 2. The van der Waals surface area contributed by atoms with Gasteiger partial charge in [-0.1, -0.05) is 0 Å². The number of nitrogens with zero attached hydrogens (tertiary/aromatic N) is 2. The van der Waals surface area contributed by atoms with Gasteiger partial charge in [0.15, 0.2) is 0 Å². The summed E-state index contributed by atoms with van der Waals surface area (Å²) >= 11 is 0. The molecule has 0 aliphatic carbocycles. The molecule has 2 amide bonds. The molecule has 0 saturated carbocycles. The van der Waals surface area contributed by atoms with Crippen molar-refractivity contribution in [2.45, 2.75) is 38.6 Å². The lowest BCUT2D eigenvalue weighted by Crippen LogP contribution is -2.44. The van der Waals surface area contributed by atoms with Crippen LogP contribution in [0.5, 0.6) is 0 Å². The fraction of sp³-hybridized carbons (Fsp3) is 0.818. The van der Waals surface area contributed by atoms with Gasteiger partial charge in [-0.2, -0.15) is 0 Å². The predicted molar refractivity (Wildman–Crippen MR) is 56.2 cm³/mol. The Hall–Kier alpha value is -1.06. The fourth-order valence-corrected chi connectivity index (χ4v) is 2.57. The van der Waals surface area contributed by atoms with Crippen molar-refractivity contribution in [3.8, 4) is 0 Å². The molecule has 2 aliphatic rings. The summed E-state index contributed by atoms with van der Waals surface area (Å²) in [5.74, 6) is 0.317. The molecule has 0 aromatic heterocycles. The minimum Gasteiger partial charge on any atom is -0.342 e. The summed E-state index contributed by atoms with van der Waals surface area (Å²) < 4.78 is 0. The minimum absolute atomic E-state index is 0.0919. The van der Waals surface area contributed by atoms with Crippen LogP contribution < -0.4 is 0 Å². The highest BCUT2D eigenvalue weighted by Crippen LogP contribution is 2.23. The summed E-state index contributed by atoms with van der Waals surface area (Å²) in [6, 6.07) is 0.389. The van der Waals surface area contributed by atoms with Crippen LogP contribution in [0.1, 0.15) is 32.6 Å². The Bertz CT molecular complexity index is 278. The van der Waals surface area contributed by atoms with E-state index in [0.717, 1.165) is 32.4 Å². The highest BCUT2D eigenvalue weighted by molar-refractivity contribution is 5.79. The van der Waals surface area contributed by atoms with Crippen LogP contribution >= 0.6 is 0 Å². The Morgan fingerprint density at radius 1 is 1.27 bits per heavy atom. The average Bonchev–Trinajstić information content (AvgIpc) is 2.61. The van der Waals surface area contributed by atoms with Gasteiger partial charge in [-0.15, -0.1) is 0 Å². The lowest BCUT2D eigenvalue weighted by atomic mass is 10.1. The summed E-state index contributed by atoms with van der Waals surface area (Å²) in [6.45, 7) is 3.91. The highest BCUT2D eigenvalue weighted by atomic mass is 16.2. The van der Waals surface area contributed by atoms with Gasteiger partial charge in [-0.3, -0.25) is 9.59 Å². The van der Waals surface area contributed by atoms with Crippen LogP contribution in [0.25, 0.3) is 0 Å². The molecule has 84 valence electrons. The molecule has 0 aromatic carbocycles. The molecule has 4 heteroatoms. The number of hydrogen-bond donors (Lipinski definition) is 0. The maximum absolute atomic E-state index is 11.8. The first-order valence-electron chi connectivity index (χ1n) is 5.73. The number of amides is 2. The minimum atomic E-state index is 0.0919. The van der Waals surface area contributed by atoms with Crippen LogP contribution in [0.15, 0.2) is 0 Å². The summed E-state index contributed by atoms with van der Waals surface area (Å²) in [5, 5.41) is 0. The fourth-order valence-electron chi connectivity index (χ4n) is 2.57. The van der Waals surface area contributed by atoms with Crippen LogP contribution in [0, 0.1) is 0 Å². The van der Waals surface area contributed by atoms with Gasteiger partial charge in [0, 0.05) is 39.0 Å². The first kappa shape index (κ1) is 10.5. The van der Waals surface area contributed by atoms with E-state index in [-0.39, 0.29) is 11.8 Å². The van der Waals surface area contributed by atoms with E-state index in [4.69, 9.17) is 0 Å². The Labute approximate surface area is 90.2 Å². The van der Waals surface area contributed by atoms with Crippen molar-refractivity contribution in [3.63, 3.8) is 0 Å². The van der Waals surface area contributed by atoms with E-state index < -0.39 is 0 Å². The molecule has 0 spiro atoms. The van der Waals surface area contributed by atoms with E-state index in [1.165, 1.54) is 0 Å². The second-order valence-corrected chi connectivity index (χ2v) is 4.43. The lowest BCUT2D eigenvalue weighted by Gasteiger charge is -2.31. The Morgan fingerprint density at radius 3 is 2.80 bits per heavy atom. The van der Waals surface area contributed by atoms with E-state index in [2.05, 4.69) is 0 Å². The third-order valence-electron chi connectivity index (χ3n) is 3.47. The third-order valence-corrected chi connectivity index (χ3v) is 3.47. The molecule has 4 nitrogen and oxygen atoms in total. The molecule has 0 aromatic rings. The zero-order valence-corrected chi connectivity index (χ0v) is 9.24. The van der Waals surface area contributed by atoms with Crippen molar-refractivity contribution >= 4 is 11.8 Å². The third kappa shape index (κ3) is 2.13. The lowest BCUT2D eigenvalue weighted by molar-refractivity contribution is -0.136. The Balaban J connectivity index is 2.03. The molecule has 2 saturated heterocycles. The van der Waals surface area contributed by atoms with Crippen LogP contribution in [-0.2, 0) is 9.59 Å². The van der Waals surface area contributed by atoms with Crippen molar-refractivity contribution in [3.05, 3.63) is 0 Å². The number of carbonyl (C=O) groups is 2. The topological polar surface area (TPSA) is 40.6 Å². The van der Waals surface area contributed by atoms with Crippen LogP contribution in [-0.4, -0.2) is 47.3 Å². The zero-order chi connectivity index (χ0) is 10.8. The van der Waals surface area contributed by atoms with Gasteiger partial charge < -0.3 is 9.80 Å². The summed E-state index contributed by atoms with van der Waals surface area (Å²) in [6.07, 6.45) is 3.68. The van der Waals surface area contributed by atoms with Crippen LogP contribution in [0.3, 0.4) is 0 Å². The molecule has 1 unspecified atom stereocenters. The Morgan fingerprint density at radius 2 is 2.07 bits per heavy atom. The molecule has 0 bridgehead atoms. The molecule has 0 radical (unpaired) electrons.